The standard InChI is InChI=1S/C11H17N3S/c1-9-5-7-14(8-6-9)10-3-4-11(15-2)13-12-10/h3-4,9H,5-8H2,1-2H3. The summed E-state index contributed by atoms with van der Waals surface area (Å²) in [7, 11) is 0. The molecule has 0 unspecified atom stereocenters. The van der Waals surface area contributed by atoms with Crippen LogP contribution in [0.1, 0.15) is 19.8 Å². The molecule has 1 aromatic heterocycles. The van der Waals surface area contributed by atoms with Crippen LogP contribution in [0.2, 0.25) is 0 Å². The molecule has 0 N–H and O–H groups in total. The highest BCUT2D eigenvalue weighted by molar-refractivity contribution is 7.98. The lowest BCUT2D eigenvalue weighted by molar-refractivity contribution is 0.435. The van der Waals surface area contributed by atoms with E-state index in [2.05, 4.69) is 28.1 Å². The van der Waals surface area contributed by atoms with Crippen LogP contribution in [0, 0.1) is 5.92 Å². The summed E-state index contributed by atoms with van der Waals surface area (Å²) < 4.78 is 0. The molecule has 1 fully saturated rings. The smallest absolute Gasteiger partial charge is 0.151 e. The van der Waals surface area contributed by atoms with Gasteiger partial charge in [-0.25, -0.2) is 0 Å². The highest BCUT2D eigenvalue weighted by Crippen LogP contribution is 2.21. The Labute approximate surface area is 95.3 Å². The van der Waals surface area contributed by atoms with Gasteiger partial charge in [-0.3, -0.25) is 0 Å². The van der Waals surface area contributed by atoms with Crippen LogP contribution in [0.5, 0.6) is 0 Å². The fourth-order valence-corrected chi connectivity index (χ4v) is 2.15. The van der Waals surface area contributed by atoms with Crippen molar-refractivity contribution < 1.29 is 0 Å². The molecule has 0 atom stereocenters. The molecule has 82 valence electrons. The van der Waals surface area contributed by atoms with Crippen molar-refractivity contribution in [1.29, 1.82) is 0 Å². The van der Waals surface area contributed by atoms with Crippen LogP contribution in [-0.2, 0) is 0 Å². The van der Waals surface area contributed by atoms with E-state index >= 15 is 0 Å². The first-order chi connectivity index (χ1) is 7.29. The van der Waals surface area contributed by atoms with Gasteiger partial charge in [-0.1, -0.05) is 6.92 Å². The minimum Gasteiger partial charge on any atom is -0.355 e. The lowest BCUT2D eigenvalue weighted by Crippen LogP contribution is -2.33. The monoisotopic (exact) mass is 223 g/mol. The Morgan fingerprint density at radius 1 is 1.27 bits per heavy atom. The maximum Gasteiger partial charge on any atom is 0.151 e. The van der Waals surface area contributed by atoms with Crippen molar-refractivity contribution >= 4 is 17.6 Å². The number of nitrogens with zero attached hydrogens (tertiary/aromatic N) is 3. The molecule has 15 heavy (non-hydrogen) atoms. The summed E-state index contributed by atoms with van der Waals surface area (Å²) in [5.74, 6) is 1.89. The molecule has 0 aliphatic carbocycles. The Balaban J connectivity index is 2.03. The van der Waals surface area contributed by atoms with Gasteiger partial charge in [0.25, 0.3) is 0 Å². The molecule has 0 saturated carbocycles. The number of anilines is 1. The molecule has 1 aliphatic heterocycles. The van der Waals surface area contributed by atoms with Gasteiger partial charge in [0.05, 0.1) is 0 Å². The zero-order chi connectivity index (χ0) is 10.7. The summed E-state index contributed by atoms with van der Waals surface area (Å²) in [5.41, 5.74) is 0. The molecule has 1 saturated heterocycles. The van der Waals surface area contributed by atoms with E-state index in [1.807, 2.05) is 12.3 Å². The summed E-state index contributed by atoms with van der Waals surface area (Å²) in [5, 5.41) is 9.41. The van der Waals surface area contributed by atoms with Gasteiger partial charge in [0.15, 0.2) is 5.82 Å². The number of hydrogen-bond acceptors (Lipinski definition) is 4. The molecule has 2 heterocycles. The first-order valence-electron chi connectivity index (χ1n) is 5.42. The first kappa shape index (κ1) is 10.7. The van der Waals surface area contributed by atoms with E-state index < -0.39 is 0 Å². The highest BCUT2D eigenvalue weighted by Gasteiger charge is 2.16. The quantitative estimate of drug-likeness (QED) is 0.720. The molecule has 3 nitrogen and oxygen atoms in total. The van der Waals surface area contributed by atoms with Crippen molar-refractivity contribution in [2.75, 3.05) is 24.2 Å². The number of thioether (sulfide) groups is 1. The van der Waals surface area contributed by atoms with Crippen LogP contribution in [0.3, 0.4) is 0 Å². The van der Waals surface area contributed by atoms with Crippen molar-refractivity contribution in [2.24, 2.45) is 5.92 Å². The van der Waals surface area contributed by atoms with Crippen LogP contribution >= 0.6 is 11.8 Å². The maximum atomic E-state index is 4.25. The van der Waals surface area contributed by atoms with Gasteiger partial charge < -0.3 is 4.90 Å². The first-order valence-corrected chi connectivity index (χ1v) is 6.64. The van der Waals surface area contributed by atoms with Crippen LogP contribution in [0.4, 0.5) is 5.82 Å². The summed E-state index contributed by atoms with van der Waals surface area (Å²) in [4.78, 5) is 2.33. The lowest BCUT2D eigenvalue weighted by Gasteiger charge is -2.30. The Bertz CT molecular complexity index is 304. The SMILES string of the molecule is CSc1ccc(N2CCC(C)CC2)nn1. The third-order valence-electron chi connectivity index (χ3n) is 2.94. The van der Waals surface area contributed by atoms with Crippen LogP contribution in [-0.4, -0.2) is 29.5 Å². The Kier molecular flexibility index (Phi) is 3.46. The Hall–Kier alpha value is -0.770. The van der Waals surface area contributed by atoms with Crippen LogP contribution < -0.4 is 4.90 Å². The van der Waals surface area contributed by atoms with Gasteiger partial charge in [-0.2, -0.15) is 0 Å². The normalized spacial score (nSPS) is 18.1. The van der Waals surface area contributed by atoms with Crippen molar-refractivity contribution in [3.63, 3.8) is 0 Å². The summed E-state index contributed by atoms with van der Waals surface area (Å²) >= 11 is 1.63. The minimum absolute atomic E-state index is 0.861. The Morgan fingerprint density at radius 3 is 2.53 bits per heavy atom. The summed E-state index contributed by atoms with van der Waals surface area (Å²) in [6.45, 7) is 4.56. The summed E-state index contributed by atoms with van der Waals surface area (Å²) in [6.07, 6.45) is 4.56. The second-order valence-corrected chi connectivity index (χ2v) is 4.93. The third-order valence-corrected chi connectivity index (χ3v) is 3.58. The summed E-state index contributed by atoms with van der Waals surface area (Å²) in [6, 6.07) is 4.12. The lowest BCUT2D eigenvalue weighted by atomic mass is 9.99. The number of aromatic nitrogens is 2. The predicted octanol–water partition coefficient (Wildman–Crippen LogP) is 2.43. The van der Waals surface area contributed by atoms with E-state index in [9.17, 15) is 0 Å². The molecule has 0 amide bonds. The van der Waals surface area contributed by atoms with Crippen molar-refractivity contribution in [3.05, 3.63) is 12.1 Å². The van der Waals surface area contributed by atoms with Gasteiger partial charge in [0, 0.05) is 13.1 Å². The molecule has 1 aliphatic rings. The van der Waals surface area contributed by atoms with Gasteiger partial charge in [-0.15, -0.1) is 22.0 Å². The zero-order valence-electron chi connectivity index (χ0n) is 9.31. The number of hydrogen-bond donors (Lipinski definition) is 0. The molecule has 0 spiro atoms. The third kappa shape index (κ3) is 2.62. The van der Waals surface area contributed by atoms with Crippen molar-refractivity contribution in [1.82, 2.24) is 10.2 Å². The van der Waals surface area contributed by atoms with Crippen LogP contribution in [0.25, 0.3) is 0 Å². The van der Waals surface area contributed by atoms with E-state index in [4.69, 9.17) is 0 Å². The second-order valence-electron chi connectivity index (χ2n) is 4.10. The predicted molar refractivity (Wildman–Crippen MR) is 64.4 cm³/mol. The molecule has 2 rings (SSSR count). The van der Waals surface area contributed by atoms with Crippen LogP contribution in [0.15, 0.2) is 17.2 Å². The largest absolute Gasteiger partial charge is 0.355 e. The van der Waals surface area contributed by atoms with E-state index in [1.165, 1.54) is 12.8 Å². The molecule has 1 aromatic rings. The average molecular weight is 223 g/mol. The Morgan fingerprint density at radius 2 is 2.00 bits per heavy atom. The van der Waals surface area contributed by atoms with E-state index in [-0.39, 0.29) is 0 Å². The second kappa shape index (κ2) is 4.84. The maximum absolute atomic E-state index is 4.25. The van der Waals surface area contributed by atoms with E-state index in [0.29, 0.717) is 0 Å². The van der Waals surface area contributed by atoms with Crippen molar-refractivity contribution in [3.8, 4) is 0 Å². The minimum atomic E-state index is 0.861. The number of rotatable bonds is 2. The fraction of sp³-hybridized carbons (Fsp3) is 0.636. The average Bonchev–Trinajstić information content (AvgIpc) is 2.30. The van der Waals surface area contributed by atoms with Gasteiger partial charge in [0.2, 0.25) is 0 Å². The number of piperidine rings is 1. The topological polar surface area (TPSA) is 29.0 Å². The van der Waals surface area contributed by atoms with E-state index in [1.54, 1.807) is 11.8 Å². The van der Waals surface area contributed by atoms with Gasteiger partial charge >= 0.3 is 0 Å². The van der Waals surface area contributed by atoms with Gasteiger partial charge in [-0.05, 0) is 37.1 Å². The molecule has 0 radical (unpaired) electrons. The van der Waals surface area contributed by atoms with E-state index in [0.717, 1.165) is 29.9 Å². The van der Waals surface area contributed by atoms with Gasteiger partial charge in [0.1, 0.15) is 5.03 Å². The zero-order valence-corrected chi connectivity index (χ0v) is 10.1. The molecular formula is C11H17N3S. The molecule has 4 heteroatoms. The molecule has 0 bridgehead atoms. The fourth-order valence-electron chi connectivity index (χ4n) is 1.83. The molecular weight excluding hydrogens is 206 g/mol. The highest BCUT2D eigenvalue weighted by atomic mass is 32.2. The van der Waals surface area contributed by atoms with Crippen molar-refractivity contribution in [2.45, 2.75) is 24.8 Å². The molecule has 0 aromatic carbocycles.